The van der Waals surface area contributed by atoms with E-state index in [-0.39, 0.29) is 11.7 Å². The lowest BCUT2D eigenvalue weighted by molar-refractivity contribution is 0.0962. The quantitative estimate of drug-likeness (QED) is 0.745. The highest BCUT2D eigenvalue weighted by Gasteiger charge is 2.29. The largest absolute Gasteiger partial charge is 0.496 e. The van der Waals surface area contributed by atoms with Crippen LogP contribution in [0.25, 0.3) is 0 Å². The Kier molecular flexibility index (Phi) is 4.59. The highest BCUT2D eigenvalue weighted by atomic mass is 16.5. The third-order valence-corrected chi connectivity index (χ3v) is 4.93. The van der Waals surface area contributed by atoms with Gasteiger partial charge in [-0.15, -0.1) is 0 Å². The van der Waals surface area contributed by atoms with Crippen LogP contribution >= 0.6 is 0 Å². The molecular weight excluding hydrogens is 338 g/mol. The number of hydrogen-bond donors (Lipinski definition) is 1. The monoisotopic (exact) mass is 359 g/mol. The molecule has 136 valence electrons. The van der Waals surface area contributed by atoms with E-state index < -0.39 is 0 Å². The number of carbonyl (C=O) groups excluding carboxylic acids is 1. The van der Waals surface area contributed by atoms with Crippen molar-refractivity contribution in [2.45, 2.75) is 25.7 Å². The lowest BCUT2D eigenvalue weighted by Gasteiger charge is -2.24. The van der Waals surface area contributed by atoms with Gasteiger partial charge in [0.05, 0.1) is 18.4 Å². The molecular formula is C22H21N3O2. The Morgan fingerprint density at radius 2 is 1.85 bits per heavy atom. The molecule has 1 unspecified atom stereocenters. The minimum absolute atomic E-state index is 0.0586. The number of anilines is 2. The summed E-state index contributed by atoms with van der Waals surface area (Å²) in [4.78, 5) is 21.6. The number of carbonyl (C=O) groups is 1. The van der Waals surface area contributed by atoms with Crippen molar-refractivity contribution in [1.82, 2.24) is 9.97 Å². The average Bonchev–Trinajstić information content (AvgIpc) is 2.69. The molecule has 5 heteroatoms. The molecule has 0 saturated heterocycles. The number of ether oxygens (including phenoxy) is 1. The minimum Gasteiger partial charge on any atom is -0.496 e. The standard InChI is InChI=1S/C22H21N3O2/c1-14-7-9-16(10-8-14)24-22-23-13-18-19(25-22)11-15(12-20(18)26)17-5-3-4-6-21(17)27-2/h3-10,13,15H,11-12H2,1-2H3,(H,23,24,25). The van der Waals surface area contributed by atoms with Gasteiger partial charge >= 0.3 is 0 Å². The van der Waals surface area contributed by atoms with Crippen LogP contribution in [0.4, 0.5) is 11.6 Å². The molecule has 1 atom stereocenters. The Labute approximate surface area is 158 Å². The lowest BCUT2D eigenvalue weighted by Crippen LogP contribution is -2.21. The molecule has 0 radical (unpaired) electrons. The van der Waals surface area contributed by atoms with Crippen molar-refractivity contribution < 1.29 is 9.53 Å². The Balaban J connectivity index is 1.62. The van der Waals surface area contributed by atoms with Crippen LogP contribution in [0.3, 0.4) is 0 Å². The molecule has 1 aliphatic carbocycles. The predicted molar refractivity (Wildman–Crippen MR) is 105 cm³/mol. The van der Waals surface area contributed by atoms with Gasteiger partial charge < -0.3 is 10.1 Å². The number of hydrogen-bond acceptors (Lipinski definition) is 5. The molecule has 27 heavy (non-hydrogen) atoms. The summed E-state index contributed by atoms with van der Waals surface area (Å²) >= 11 is 0. The van der Waals surface area contributed by atoms with E-state index in [1.54, 1.807) is 13.3 Å². The van der Waals surface area contributed by atoms with Gasteiger partial charge in [0.25, 0.3) is 0 Å². The van der Waals surface area contributed by atoms with Crippen LogP contribution in [-0.4, -0.2) is 22.9 Å². The van der Waals surface area contributed by atoms with Gasteiger partial charge in [-0.1, -0.05) is 35.9 Å². The second-order valence-corrected chi connectivity index (χ2v) is 6.82. The fraction of sp³-hybridized carbons (Fsp3) is 0.227. The first-order valence-electron chi connectivity index (χ1n) is 9.00. The number of benzene rings is 2. The van der Waals surface area contributed by atoms with E-state index in [2.05, 4.69) is 15.3 Å². The van der Waals surface area contributed by atoms with Crippen molar-refractivity contribution in [1.29, 1.82) is 0 Å². The molecule has 0 spiro atoms. The Morgan fingerprint density at radius 3 is 2.63 bits per heavy atom. The first-order chi connectivity index (χ1) is 13.1. The zero-order chi connectivity index (χ0) is 18.8. The normalized spacial score (nSPS) is 15.9. The summed E-state index contributed by atoms with van der Waals surface area (Å²) in [5.74, 6) is 1.45. The van der Waals surface area contributed by atoms with E-state index in [1.807, 2.05) is 55.5 Å². The number of aromatic nitrogens is 2. The molecule has 1 aliphatic rings. The number of aryl methyl sites for hydroxylation is 1. The van der Waals surface area contributed by atoms with E-state index >= 15 is 0 Å². The number of rotatable bonds is 4. The van der Waals surface area contributed by atoms with Crippen molar-refractivity contribution in [3.63, 3.8) is 0 Å². The van der Waals surface area contributed by atoms with Crippen LogP contribution in [0.5, 0.6) is 5.75 Å². The summed E-state index contributed by atoms with van der Waals surface area (Å²) in [6.45, 7) is 2.04. The highest BCUT2D eigenvalue weighted by Crippen LogP contribution is 2.36. The minimum atomic E-state index is 0.0586. The molecule has 0 amide bonds. The molecule has 0 aliphatic heterocycles. The van der Waals surface area contributed by atoms with Crippen molar-refractivity contribution in [3.05, 3.63) is 77.1 Å². The van der Waals surface area contributed by atoms with Crippen LogP contribution in [0.15, 0.2) is 54.7 Å². The molecule has 0 fully saturated rings. The first-order valence-corrected chi connectivity index (χ1v) is 9.00. The number of para-hydroxylation sites is 1. The number of ketones is 1. The Hall–Kier alpha value is -3.21. The van der Waals surface area contributed by atoms with Crippen LogP contribution in [0.2, 0.25) is 0 Å². The number of Topliss-reactive ketones (excluding diaryl/α,β-unsaturated/α-hetero) is 1. The lowest BCUT2D eigenvalue weighted by atomic mass is 9.82. The van der Waals surface area contributed by atoms with Gasteiger partial charge in [-0.05, 0) is 37.1 Å². The maximum Gasteiger partial charge on any atom is 0.227 e. The predicted octanol–water partition coefficient (Wildman–Crippen LogP) is 4.45. The summed E-state index contributed by atoms with van der Waals surface area (Å²) in [5.41, 5.74) is 4.56. The third kappa shape index (κ3) is 3.53. The summed E-state index contributed by atoms with van der Waals surface area (Å²) < 4.78 is 5.48. The van der Waals surface area contributed by atoms with Crippen molar-refractivity contribution >= 4 is 17.4 Å². The van der Waals surface area contributed by atoms with Gasteiger partial charge in [-0.3, -0.25) is 4.79 Å². The smallest absolute Gasteiger partial charge is 0.227 e. The number of nitrogens with zero attached hydrogens (tertiary/aromatic N) is 2. The maximum absolute atomic E-state index is 12.6. The summed E-state index contributed by atoms with van der Waals surface area (Å²) in [6.07, 6.45) is 2.77. The summed E-state index contributed by atoms with van der Waals surface area (Å²) in [7, 11) is 1.66. The number of fused-ring (bicyclic) bond motifs is 1. The molecule has 1 heterocycles. The zero-order valence-corrected chi connectivity index (χ0v) is 15.4. The number of nitrogens with one attached hydrogen (secondary N) is 1. The Bertz CT molecular complexity index is 983. The van der Waals surface area contributed by atoms with Gasteiger partial charge in [0.1, 0.15) is 5.75 Å². The van der Waals surface area contributed by atoms with Crippen LogP contribution in [0, 0.1) is 6.92 Å². The first kappa shape index (κ1) is 17.2. The summed E-state index contributed by atoms with van der Waals surface area (Å²) in [6, 6.07) is 15.9. The molecule has 0 bridgehead atoms. The fourth-order valence-electron chi connectivity index (χ4n) is 3.49. The zero-order valence-electron chi connectivity index (χ0n) is 15.4. The fourth-order valence-corrected chi connectivity index (χ4v) is 3.49. The molecule has 2 aromatic carbocycles. The highest BCUT2D eigenvalue weighted by molar-refractivity contribution is 5.98. The van der Waals surface area contributed by atoms with Gasteiger partial charge in [0.15, 0.2) is 5.78 Å². The van der Waals surface area contributed by atoms with E-state index in [0.29, 0.717) is 24.4 Å². The summed E-state index contributed by atoms with van der Waals surface area (Å²) in [5, 5.41) is 3.22. The van der Waals surface area contributed by atoms with Crippen LogP contribution in [-0.2, 0) is 6.42 Å². The molecule has 1 N–H and O–H groups in total. The maximum atomic E-state index is 12.6. The molecule has 4 rings (SSSR count). The van der Waals surface area contributed by atoms with Gasteiger partial charge in [0.2, 0.25) is 5.95 Å². The number of methoxy groups -OCH3 is 1. The second kappa shape index (κ2) is 7.19. The van der Waals surface area contributed by atoms with Crippen molar-refractivity contribution in [2.24, 2.45) is 0 Å². The van der Waals surface area contributed by atoms with Crippen molar-refractivity contribution in [2.75, 3.05) is 12.4 Å². The SMILES string of the molecule is COc1ccccc1C1CC(=O)c2cnc(Nc3ccc(C)cc3)nc2C1. The third-order valence-electron chi connectivity index (χ3n) is 4.93. The van der Waals surface area contributed by atoms with Crippen LogP contribution < -0.4 is 10.1 Å². The molecule has 1 aromatic heterocycles. The van der Waals surface area contributed by atoms with E-state index in [4.69, 9.17) is 4.74 Å². The topological polar surface area (TPSA) is 64.1 Å². The van der Waals surface area contributed by atoms with Crippen molar-refractivity contribution in [3.8, 4) is 5.75 Å². The van der Waals surface area contributed by atoms with Gasteiger partial charge in [-0.25, -0.2) is 9.97 Å². The van der Waals surface area contributed by atoms with Crippen LogP contribution in [0.1, 0.15) is 39.5 Å². The molecule has 0 saturated carbocycles. The van der Waals surface area contributed by atoms with Gasteiger partial charge in [-0.2, -0.15) is 0 Å². The Morgan fingerprint density at radius 1 is 1.07 bits per heavy atom. The van der Waals surface area contributed by atoms with E-state index in [0.717, 1.165) is 22.7 Å². The molecule has 5 nitrogen and oxygen atoms in total. The second-order valence-electron chi connectivity index (χ2n) is 6.82. The van der Waals surface area contributed by atoms with E-state index in [9.17, 15) is 4.79 Å². The average molecular weight is 359 g/mol. The van der Waals surface area contributed by atoms with E-state index in [1.165, 1.54) is 5.56 Å². The molecule has 3 aromatic rings. The van der Waals surface area contributed by atoms with Gasteiger partial charge in [0, 0.05) is 24.2 Å².